The van der Waals surface area contributed by atoms with E-state index in [0.717, 1.165) is 37.0 Å². The lowest BCUT2D eigenvalue weighted by molar-refractivity contribution is -0.137. The molecule has 0 spiro atoms. The maximum Gasteiger partial charge on any atom is 0.260 e. The maximum atomic E-state index is 13.6. The van der Waals surface area contributed by atoms with Gasteiger partial charge in [0, 0.05) is 25.2 Å². The van der Waals surface area contributed by atoms with Crippen LogP contribution in [0.3, 0.4) is 0 Å². The smallest absolute Gasteiger partial charge is 0.260 e. The normalized spacial score (nSPS) is 18.5. The van der Waals surface area contributed by atoms with E-state index in [2.05, 4.69) is 0 Å². The number of hydrogen-bond acceptors (Lipinski definition) is 6. The predicted octanol–water partition coefficient (Wildman–Crippen LogP) is 3.70. The summed E-state index contributed by atoms with van der Waals surface area (Å²) in [4.78, 5) is 29.8. The first kappa shape index (κ1) is 24.9. The highest BCUT2D eigenvalue weighted by Gasteiger charge is 2.28. The molecule has 8 nitrogen and oxygen atoms in total. The molecule has 2 fully saturated rings. The number of likely N-dealkylation sites (tertiary alicyclic amines) is 1. The number of hydrogen-bond donors (Lipinski definition) is 0. The van der Waals surface area contributed by atoms with Crippen molar-refractivity contribution in [3.63, 3.8) is 0 Å². The fourth-order valence-corrected chi connectivity index (χ4v) is 4.65. The lowest BCUT2D eigenvalue weighted by Crippen LogP contribution is -2.43. The molecule has 8 heteroatoms. The van der Waals surface area contributed by atoms with E-state index in [0.29, 0.717) is 49.9 Å². The van der Waals surface area contributed by atoms with Gasteiger partial charge in [-0.15, -0.1) is 0 Å². The molecular weight excluding hydrogens is 448 g/mol. The topological polar surface area (TPSA) is 77.5 Å². The maximum absolute atomic E-state index is 13.6. The second kappa shape index (κ2) is 11.9. The molecule has 188 valence electrons. The molecule has 35 heavy (non-hydrogen) atoms. The van der Waals surface area contributed by atoms with Gasteiger partial charge in [-0.05, 0) is 48.7 Å². The molecule has 0 radical (unpaired) electrons. The minimum absolute atomic E-state index is 0.00368. The Hall–Kier alpha value is -3.26. The van der Waals surface area contributed by atoms with Crippen molar-refractivity contribution in [2.75, 3.05) is 53.7 Å². The SMILES string of the molecule is COc1ccc([C@@H]2CCCCCN2C(=O)c2ccc(OCC(=O)N3CCOCC3)c(OC)c2)cc1. The molecule has 2 aliphatic heterocycles. The molecule has 1 atom stereocenters. The van der Waals surface area contributed by atoms with Crippen LogP contribution in [0.25, 0.3) is 0 Å². The summed E-state index contributed by atoms with van der Waals surface area (Å²) in [6.45, 7) is 2.83. The van der Waals surface area contributed by atoms with Gasteiger partial charge in [-0.3, -0.25) is 9.59 Å². The van der Waals surface area contributed by atoms with Crippen molar-refractivity contribution in [2.45, 2.75) is 31.7 Å². The average molecular weight is 483 g/mol. The van der Waals surface area contributed by atoms with E-state index >= 15 is 0 Å². The van der Waals surface area contributed by atoms with Crippen molar-refractivity contribution in [1.82, 2.24) is 9.80 Å². The molecular formula is C27H34N2O6. The van der Waals surface area contributed by atoms with Gasteiger partial charge in [-0.2, -0.15) is 0 Å². The summed E-state index contributed by atoms with van der Waals surface area (Å²) in [5.74, 6) is 1.53. The molecule has 0 aliphatic carbocycles. The Labute approximate surface area is 206 Å². The lowest BCUT2D eigenvalue weighted by atomic mass is 10.00. The third kappa shape index (κ3) is 6.06. The fraction of sp³-hybridized carbons (Fsp3) is 0.481. The van der Waals surface area contributed by atoms with Crippen molar-refractivity contribution in [1.29, 1.82) is 0 Å². The van der Waals surface area contributed by atoms with E-state index in [1.54, 1.807) is 30.2 Å². The van der Waals surface area contributed by atoms with Crippen molar-refractivity contribution < 1.29 is 28.5 Å². The van der Waals surface area contributed by atoms with Gasteiger partial charge in [-0.1, -0.05) is 25.0 Å². The van der Waals surface area contributed by atoms with Gasteiger partial charge in [0.05, 0.1) is 33.5 Å². The minimum Gasteiger partial charge on any atom is -0.497 e. The van der Waals surface area contributed by atoms with Gasteiger partial charge < -0.3 is 28.7 Å². The number of amides is 2. The van der Waals surface area contributed by atoms with Crippen LogP contribution < -0.4 is 14.2 Å². The second-order valence-corrected chi connectivity index (χ2v) is 8.78. The number of benzene rings is 2. The molecule has 0 unspecified atom stereocenters. The number of rotatable bonds is 7. The Morgan fingerprint density at radius 3 is 2.40 bits per heavy atom. The van der Waals surface area contributed by atoms with Gasteiger partial charge in [0.2, 0.25) is 0 Å². The molecule has 0 N–H and O–H groups in total. The van der Waals surface area contributed by atoms with E-state index in [4.69, 9.17) is 18.9 Å². The Morgan fingerprint density at radius 2 is 1.69 bits per heavy atom. The molecule has 0 bridgehead atoms. The molecule has 2 aliphatic rings. The third-order valence-electron chi connectivity index (χ3n) is 6.64. The highest BCUT2D eigenvalue weighted by atomic mass is 16.5. The fourth-order valence-electron chi connectivity index (χ4n) is 4.65. The summed E-state index contributed by atoms with van der Waals surface area (Å²) in [6.07, 6.45) is 4.07. The van der Waals surface area contributed by atoms with Crippen LogP contribution in [0, 0.1) is 0 Å². The summed E-state index contributed by atoms with van der Waals surface area (Å²) in [5.41, 5.74) is 1.64. The quantitative estimate of drug-likeness (QED) is 0.599. The van der Waals surface area contributed by atoms with Crippen LogP contribution in [0.5, 0.6) is 17.2 Å². The molecule has 0 aromatic heterocycles. The van der Waals surface area contributed by atoms with Crippen molar-refractivity contribution in [3.8, 4) is 17.2 Å². The number of carbonyl (C=O) groups excluding carboxylic acids is 2. The van der Waals surface area contributed by atoms with Crippen molar-refractivity contribution >= 4 is 11.8 Å². The Bertz CT molecular complexity index is 1000. The highest BCUT2D eigenvalue weighted by molar-refractivity contribution is 5.95. The predicted molar refractivity (Wildman–Crippen MR) is 131 cm³/mol. The molecule has 2 aromatic rings. The van der Waals surface area contributed by atoms with Crippen LogP contribution in [0.4, 0.5) is 0 Å². The number of carbonyl (C=O) groups is 2. The molecule has 2 heterocycles. The summed E-state index contributed by atoms with van der Waals surface area (Å²) in [5, 5.41) is 0. The van der Waals surface area contributed by atoms with Crippen LogP contribution in [-0.4, -0.2) is 75.3 Å². The molecule has 0 saturated carbocycles. The van der Waals surface area contributed by atoms with E-state index in [9.17, 15) is 9.59 Å². The highest BCUT2D eigenvalue weighted by Crippen LogP contribution is 2.34. The van der Waals surface area contributed by atoms with Crippen molar-refractivity contribution in [2.24, 2.45) is 0 Å². The largest absolute Gasteiger partial charge is 0.497 e. The van der Waals surface area contributed by atoms with Gasteiger partial charge in [0.15, 0.2) is 18.1 Å². The summed E-state index contributed by atoms with van der Waals surface area (Å²) in [7, 11) is 3.18. The van der Waals surface area contributed by atoms with Gasteiger partial charge >= 0.3 is 0 Å². The van der Waals surface area contributed by atoms with E-state index in [-0.39, 0.29) is 24.5 Å². The third-order valence-corrected chi connectivity index (χ3v) is 6.64. The lowest BCUT2D eigenvalue weighted by Gasteiger charge is -2.31. The molecule has 2 amide bonds. The minimum atomic E-state index is -0.0950. The first-order chi connectivity index (χ1) is 17.1. The monoisotopic (exact) mass is 482 g/mol. The number of nitrogens with zero attached hydrogens (tertiary/aromatic N) is 2. The van der Waals surface area contributed by atoms with E-state index in [1.807, 2.05) is 29.2 Å². The summed E-state index contributed by atoms with van der Waals surface area (Å²) >= 11 is 0. The zero-order valence-corrected chi connectivity index (χ0v) is 20.5. The molecule has 2 aromatic carbocycles. The van der Waals surface area contributed by atoms with Gasteiger partial charge in [0.25, 0.3) is 11.8 Å². The van der Waals surface area contributed by atoms with Crippen LogP contribution in [0.1, 0.15) is 47.6 Å². The Morgan fingerprint density at radius 1 is 0.914 bits per heavy atom. The average Bonchev–Trinajstić information content (AvgIpc) is 3.18. The van der Waals surface area contributed by atoms with Gasteiger partial charge in [0.1, 0.15) is 5.75 Å². The van der Waals surface area contributed by atoms with Crippen molar-refractivity contribution in [3.05, 3.63) is 53.6 Å². The summed E-state index contributed by atoms with van der Waals surface area (Å²) < 4.78 is 21.9. The number of methoxy groups -OCH3 is 2. The second-order valence-electron chi connectivity index (χ2n) is 8.78. The zero-order valence-electron chi connectivity index (χ0n) is 20.5. The van der Waals surface area contributed by atoms with Crippen LogP contribution >= 0.6 is 0 Å². The number of morpholine rings is 1. The molecule has 4 rings (SSSR count). The van der Waals surface area contributed by atoms with Gasteiger partial charge in [-0.25, -0.2) is 0 Å². The number of ether oxygens (including phenoxy) is 4. The van der Waals surface area contributed by atoms with E-state index < -0.39 is 0 Å². The standard InChI is InChI=1S/C27H34N2O6/c1-32-22-10-7-20(8-11-22)23-6-4-3-5-13-29(23)27(31)21-9-12-24(25(18-21)33-2)35-19-26(30)28-14-16-34-17-15-28/h7-12,18,23H,3-6,13-17,19H2,1-2H3/t23-/m0/s1. The molecule has 2 saturated heterocycles. The zero-order chi connectivity index (χ0) is 24.6. The summed E-state index contributed by atoms with van der Waals surface area (Å²) in [6, 6.07) is 13.1. The van der Waals surface area contributed by atoms with Crippen LogP contribution in [0.2, 0.25) is 0 Å². The van der Waals surface area contributed by atoms with Crippen LogP contribution in [0.15, 0.2) is 42.5 Å². The Balaban J connectivity index is 1.49. The van der Waals surface area contributed by atoms with Crippen LogP contribution in [-0.2, 0) is 9.53 Å². The first-order valence-electron chi connectivity index (χ1n) is 12.2. The Kier molecular flexibility index (Phi) is 8.47. The van der Waals surface area contributed by atoms with E-state index in [1.165, 1.54) is 7.11 Å². The first-order valence-corrected chi connectivity index (χ1v) is 12.2.